The number of benzene rings is 2. The quantitative estimate of drug-likeness (QED) is 0.825. The van der Waals surface area contributed by atoms with Crippen LogP contribution in [0.5, 0.6) is 0 Å². The third-order valence-electron chi connectivity index (χ3n) is 5.20. The van der Waals surface area contributed by atoms with Crippen LogP contribution in [0.25, 0.3) is 0 Å². The van der Waals surface area contributed by atoms with Crippen molar-refractivity contribution >= 4 is 23.2 Å². The Kier molecular flexibility index (Phi) is 5.91. The van der Waals surface area contributed by atoms with Gasteiger partial charge in [-0.15, -0.1) is 0 Å². The number of hydrogen-bond acceptors (Lipinski definition) is 3. The maximum atomic E-state index is 12.8. The van der Waals surface area contributed by atoms with Crippen molar-refractivity contribution in [3.8, 4) is 0 Å². The predicted molar refractivity (Wildman–Crippen MR) is 109 cm³/mol. The Labute approximate surface area is 160 Å². The van der Waals surface area contributed by atoms with Gasteiger partial charge in [0.15, 0.2) is 0 Å². The fourth-order valence-corrected chi connectivity index (χ4v) is 3.43. The minimum Gasteiger partial charge on any atom is -0.325 e. The molecule has 2 aromatic carbocycles. The summed E-state index contributed by atoms with van der Waals surface area (Å²) in [5.74, 6) is -0.436. The highest BCUT2D eigenvalue weighted by atomic mass is 16.2. The molecule has 1 saturated heterocycles. The van der Waals surface area contributed by atoms with Crippen LogP contribution < -0.4 is 15.5 Å². The Balaban J connectivity index is 1.72. The molecule has 0 bridgehead atoms. The summed E-state index contributed by atoms with van der Waals surface area (Å²) in [5, 5.41) is 6.30. The lowest BCUT2D eigenvalue weighted by atomic mass is 10.1. The number of aryl methyl sites for hydroxylation is 1. The predicted octanol–water partition coefficient (Wildman–Crippen LogP) is 3.40. The molecule has 1 aliphatic heterocycles. The highest BCUT2D eigenvalue weighted by Gasteiger charge is 2.35. The number of rotatable bonds is 6. The van der Waals surface area contributed by atoms with Crippen molar-refractivity contribution in [2.45, 2.75) is 33.7 Å². The van der Waals surface area contributed by atoms with Crippen LogP contribution in [-0.2, 0) is 16.1 Å². The van der Waals surface area contributed by atoms with E-state index in [1.165, 1.54) is 0 Å². The molecular weight excluding hydrogens is 338 g/mol. The Morgan fingerprint density at radius 2 is 1.93 bits per heavy atom. The van der Waals surface area contributed by atoms with E-state index < -0.39 is 0 Å². The standard InChI is InChI=1S/C22H27N3O2/c1-4-23-13-17-9-5-6-10-19(17)24-22(27)18-12-21(26)25(14-18)20-11-7-8-15(2)16(20)3/h5-11,18,23H,4,12-14H2,1-3H3,(H,24,27). The molecule has 1 fully saturated rings. The highest BCUT2D eigenvalue weighted by Crippen LogP contribution is 2.30. The van der Waals surface area contributed by atoms with Gasteiger partial charge >= 0.3 is 0 Å². The average Bonchev–Trinajstić information content (AvgIpc) is 3.05. The van der Waals surface area contributed by atoms with E-state index in [9.17, 15) is 9.59 Å². The number of nitrogens with zero attached hydrogens (tertiary/aromatic N) is 1. The lowest BCUT2D eigenvalue weighted by molar-refractivity contribution is -0.122. The van der Waals surface area contributed by atoms with Crippen molar-refractivity contribution < 1.29 is 9.59 Å². The molecule has 27 heavy (non-hydrogen) atoms. The largest absolute Gasteiger partial charge is 0.325 e. The maximum absolute atomic E-state index is 12.8. The van der Waals surface area contributed by atoms with Gasteiger partial charge in [-0.2, -0.15) is 0 Å². The van der Waals surface area contributed by atoms with Gasteiger partial charge in [-0.05, 0) is 49.2 Å². The van der Waals surface area contributed by atoms with Gasteiger partial charge in [-0.1, -0.05) is 37.3 Å². The Bertz CT molecular complexity index is 847. The summed E-state index contributed by atoms with van der Waals surface area (Å²) in [5.41, 5.74) is 4.99. The topological polar surface area (TPSA) is 61.4 Å². The van der Waals surface area contributed by atoms with Gasteiger partial charge in [0.05, 0.1) is 5.92 Å². The monoisotopic (exact) mass is 365 g/mol. The third kappa shape index (κ3) is 4.19. The Morgan fingerprint density at radius 1 is 1.15 bits per heavy atom. The van der Waals surface area contributed by atoms with Crippen LogP contribution in [0.3, 0.4) is 0 Å². The molecular formula is C22H27N3O2. The molecule has 0 spiro atoms. The molecule has 0 aliphatic carbocycles. The normalized spacial score (nSPS) is 16.6. The molecule has 1 atom stereocenters. The van der Waals surface area contributed by atoms with Crippen molar-refractivity contribution in [2.24, 2.45) is 5.92 Å². The van der Waals surface area contributed by atoms with Gasteiger partial charge in [-0.3, -0.25) is 9.59 Å². The van der Waals surface area contributed by atoms with Crippen LogP contribution in [0.4, 0.5) is 11.4 Å². The summed E-state index contributed by atoms with van der Waals surface area (Å²) in [6.45, 7) is 8.08. The van der Waals surface area contributed by atoms with Gasteiger partial charge < -0.3 is 15.5 Å². The van der Waals surface area contributed by atoms with Crippen LogP contribution in [0.15, 0.2) is 42.5 Å². The van der Waals surface area contributed by atoms with Crippen LogP contribution >= 0.6 is 0 Å². The first-order valence-corrected chi connectivity index (χ1v) is 9.47. The Morgan fingerprint density at radius 3 is 2.70 bits per heavy atom. The molecule has 142 valence electrons. The molecule has 3 rings (SSSR count). The van der Waals surface area contributed by atoms with Gasteiger partial charge in [-0.25, -0.2) is 0 Å². The second-order valence-electron chi connectivity index (χ2n) is 7.05. The summed E-state index contributed by atoms with van der Waals surface area (Å²) < 4.78 is 0. The first kappa shape index (κ1) is 19.1. The van der Waals surface area contributed by atoms with Gasteiger partial charge in [0.1, 0.15) is 0 Å². The van der Waals surface area contributed by atoms with Crippen molar-refractivity contribution in [3.05, 3.63) is 59.2 Å². The Hall–Kier alpha value is -2.66. The van der Waals surface area contributed by atoms with E-state index >= 15 is 0 Å². The van der Waals surface area contributed by atoms with Gasteiger partial charge in [0.2, 0.25) is 11.8 Å². The van der Waals surface area contributed by atoms with Crippen LogP contribution in [0, 0.1) is 19.8 Å². The van der Waals surface area contributed by atoms with E-state index in [-0.39, 0.29) is 24.2 Å². The van der Waals surface area contributed by atoms with E-state index in [0.717, 1.165) is 34.6 Å². The summed E-state index contributed by atoms with van der Waals surface area (Å²) >= 11 is 0. The first-order chi connectivity index (χ1) is 13.0. The zero-order valence-corrected chi connectivity index (χ0v) is 16.2. The number of nitrogens with one attached hydrogen (secondary N) is 2. The lowest BCUT2D eigenvalue weighted by Crippen LogP contribution is -2.29. The van der Waals surface area contributed by atoms with Gasteiger partial charge in [0.25, 0.3) is 0 Å². The molecule has 5 heteroatoms. The van der Waals surface area contributed by atoms with E-state index in [4.69, 9.17) is 0 Å². The molecule has 0 radical (unpaired) electrons. The molecule has 2 amide bonds. The number of para-hydroxylation sites is 1. The van der Waals surface area contributed by atoms with E-state index in [1.807, 2.05) is 63.2 Å². The average molecular weight is 365 g/mol. The van der Waals surface area contributed by atoms with Crippen LogP contribution in [-0.4, -0.2) is 24.9 Å². The fourth-order valence-electron chi connectivity index (χ4n) is 3.43. The molecule has 2 aromatic rings. The van der Waals surface area contributed by atoms with Crippen molar-refractivity contribution in [1.82, 2.24) is 5.32 Å². The molecule has 0 aromatic heterocycles. The maximum Gasteiger partial charge on any atom is 0.229 e. The number of anilines is 2. The smallest absolute Gasteiger partial charge is 0.229 e. The zero-order valence-electron chi connectivity index (χ0n) is 16.2. The molecule has 0 saturated carbocycles. The highest BCUT2D eigenvalue weighted by molar-refractivity contribution is 6.04. The summed E-state index contributed by atoms with van der Waals surface area (Å²) in [4.78, 5) is 27.1. The zero-order chi connectivity index (χ0) is 19.4. The van der Waals surface area contributed by atoms with E-state index in [1.54, 1.807) is 4.90 Å². The number of amides is 2. The summed E-state index contributed by atoms with van der Waals surface area (Å²) in [6, 6.07) is 13.7. The second-order valence-corrected chi connectivity index (χ2v) is 7.05. The van der Waals surface area contributed by atoms with Gasteiger partial charge in [0, 0.05) is 30.9 Å². The summed E-state index contributed by atoms with van der Waals surface area (Å²) in [7, 11) is 0. The molecule has 5 nitrogen and oxygen atoms in total. The molecule has 2 N–H and O–H groups in total. The first-order valence-electron chi connectivity index (χ1n) is 9.47. The van der Waals surface area contributed by atoms with Crippen molar-refractivity contribution in [2.75, 3.05) is 23.3 Å². The van der Waals surface area contributed by atoms with Crippen molar-refractivity contribution in [1.29, 1.82) is 0 Å². The third-order valence-corrected chi connectivity index (χ3v) is 5.20. The van der Waals surface area contributed by atoms with Crippen LogP contribution in [0.2, 0.25) is 0 Å². The molecule has 1 heterocycles. The van der Waals surface area contributed by atoms with Crippen LogP contribution in [0.1, 0.15) is 30.0 Å². The SMILES string of the molecule is CCNCc1ccccc1NC(=O)C1CC(=O)N(c2cccc(C)c2C)C1. The summed E-state index contributed by atoms with van der Waals surface area (Å²) in [6.07, 6.45) is 0.245. The van der Waals surface area contributed by atoms with E-state index in [0.29, 0.717) is 13.1 Å². The van der Waals surface area contributed by atoms with E-state index in [2.05, 4.69) is 10.6 Å². The fraction of sp³-hybridized carbons (Fsp3) is 0.364. The number of carbonyl (C=O) groups is 2. The molecule has 1 unspecified atom stereocenters. The molecule has 1 aliphatic rings. The number of carbonyl (C=O) groups excluding carboxylic acids is 2. The number of hydrogen-bond donors (Lipinski definition) is 2. The minimum absolute atomic E-state index is 0.00443. The second kappa shape index (κ2) is 8.35. The lowest BCUT2D eigenvalue weighted by Gasteiger charge is -2.20. The minimum atomic E-state index is -0.343. The van der Waals surface area contributed by atoms with Crippen molar-refractivity contribution in [3.63, 3.8) is 0 Å².